The van der Waals surface area contributed by atoms with Gasteiger partial charge in [0, 0.05) is 27.7 Å². The van der Waals surface area contributed by atoms with E-state index in [0.29, 0.717) is 15.7 Å². The maximum absolute atomic E-state index is 12.9. The molecular weight excluding hydrogens is 370 g/mol. The van der Waals surface area contributed by atoms with E-state index in [1.165, 1.54) is 11.8 Å². The van der Waals surface area contributed by atoms with Crippen LogP contribution in [0.4, 0.5) is 0 Å². The highest BCUT2D eigenvalue weighted by atomic mass is 35.5. The maximum atomic E-state index is 12.9. The molecular formula is C18H14ClN5OS. The van der Waals surface area contributed by atoms with Gasteiger partial charge in [-0.05, 0) is 41.6 Å². The number of aromatic nitrogens is 5. The Labute approximate surface area is 158 Å². The Morgan fingerprint density at radius 3 is 2.92 bits per heavy atom. The van der Waals surface area contributed by atoms with E-state index < -0.39 is 0 Å². The molecule has 4 rings (SSSR count). The van der Waals surface area contributed by atoms with Crippen LogP contribution in [0.3, 0.4) is 0 Å². The number of thioether (sulfide) groups is 1. The van der Waals surface area contributed by atoms with E-state index in [4.69, 9.17) is 11.6 Å². The van der Waals surface area contributed by atoms with E-state index in [1.54, 1.807) is 23.0 Å². The van der Waals surface area contributed by atoms with E-state index in [1.807, 2.05) is 43.3 Å². The third kappa shape index (κ3) is 3.11. The Morgan fingerprint density at radius 2 is 2.08 bits per heavy atom. The molecule has 26 heavy (non-hydrogen) atoms. The van der Waals surface area contributed by atoms with Crippen molar-refractivity contribution in [2.75, 3.05) is 0 Å². The highest BCUT2D eigenvalue weighted by Crippen LogP contribution is 2.28. The van der Waals surface area contributed by atoms with Gasteiger partial charge < -0.3 is 4.98 Å². The minimum absolute atomic E-state index is 0.0214. The lowest BCUT2D eigenvalue weighted by Crippen LogP contribution is -2.14. The number of ketones is 1. The van der Waals surface area contributed by atoms with Gasteiger partial charge >= 0.3 is 0 Å². The fourth-order valence-electron chi connectivity index (χ4n) is 2.73. The molecule has 1 atom stereocenters. The standard InChI is InChI=1S/C18H14ClN5OS/c1-11(17(25)15-10-20-16-8-3-2-7-14(15)16)26-18-21-22-23-24(18)13-6-4-5-12(19)9-13/h2-11,20H,1H3/t11-/m0/s1. The zero-order chi connectivity index (χ0) is 18.1. The summed E-state index contributed by atoms with van der Waals surface area (Å²) >= 11 is 7.36. The van der Waals surface area contributed by atoms with Crippen LogP contribution in [0.1, 0.15) is 17.3 Å². The van der Waals surface area contributed by atoms with E-state index in [0.717, 1.165) is 16.6 Å². The number of Topliss-reactive ketones (excluding diaryl/α,β-unsaturated/α-hetero) is 1. The molecule has 6 nitrogen and oxygen atoms in total. The van der Waals surface area contributed by atoms with Crippen molar-refractivity contribution in [3.8, 4) is 5.69 Å². The van der Waals surface area contributed by atoms with Gasteiger partial charge in [-0.3, -0.25) is 4.79 Å². The number of aromatic amines is 1. The van der Waals surface area contributed by atoms with Crippen LogP contribution in [0.25, 0.3) is 16.6 Å². The Bertz CT molecular complexity index is 1090. The summed E-state index contributed by atoms with van der Waals surface area (Å²) in [7, 11) is 0. The predicted octanol–water partition coefficient (Wildman–Crippen LogP) is 4.16. The minimum atomic E-state index is -0.349. The molecule has 0 aliphatic heterocycles. The first kappa shape index (κ1) is 16.8. The normalized spacial score (nSPS) is 12.4. The molecule has 2 aromatic carbocycles. The average Bonchev–Trinajstić information content (AvgIpc) is 3.28. The molecule has 0 amide bonds. The van der Waals surface area contributed by atoms with Gasteiger partial charge in [-0.2, -0.15) is 4.68 Å². The molecule has 4 aromatic rings. The maximum Gasteiger partial charge on any atom is 0.214 e. The summed E-state index contributed by atoms with van der Waals surface area (Å²) in [5.41, 5.74) is 2.36. The Morgan fingerprint density at radius 1 is 1.23 bits per heavy atom. The van der Waals surface area contributed by atoms with Crippen LogP contribution >= 0.6 is 23.4 Å². The number of halogens is 1. The van der Waals surface area contributed by atoms with Crippen LogP contribution in [0.5, 0.6) is 0 Å². The Hall–Kier alpha value is -2.64. The second kappa shape index (κ2) is 6.93. The summed E-state index contributed by atoms with van der Waals surface area (Å²) in [6.45, 7) is 1.85. The molecule has 0 fully saturated rings. The molecule has 2 heterocycles. The summed E-state index contributed by atoms with van der Waals surface area (Å²) in [5.74, 6) is 0.0214. The van der Waals surface area contributed by atoms with E-state index in [9.17, 15) is 4.79 Å². The number of H-pyrrole nitrogens is 1. The number of hydrogen-bond acceptors (Lipinski definition) is 5. The number of hydrogen-bond donors (Lipinski definition) is 1. The lowest BCUT2D eigenvalue weighted by atomic mass is 10.1. The van der Waals surface area contributed by atoms with Crippen molar-refractivity contribution in [1.29, 1.82) is 0 Å². The monoisotopic (exact) mass is 383 g/mol. The summed E-state index contributed by atoms with van der Waals surface area (Å²) < 4.78 is 1.58. The number of tetrazole rings is 1. The summed E-state index contributed by atoms with van der Waals surface area (Å²) in [6, 6.07) is 15.0. The van der Waals surface area contributed by atoms with Crippen molar-refractivity contribution < 1.29 is 4.79 Å². The number of carbonyl (C=O) groups excluding carboxylic acids is 1. The predicted molar refractivity (Wildman–Crippen MR) is 102 cm³/mol. The second-order valence-electron chi connectivity index (χ2n) is 5.73. The molecule has 0 aliphatic rings. The van der Waals surface area contributed by atoms with Crippen LogP contribution in [0.2, 0.25) is 5.02 Å². The lowest BCUT2D eigenvalue weighted by molar-refractivity contribution is 0.0995. The number of nitrogens with one attached hydrogen (secondary N) is 1. The fraction of sp³-hybridized carbons (Fsp3) is 0.111. The van der Waals surface area contributed by atoms with Gasteiger partial charge in [0.1, 0.15) is 0 Å². The summed E-state index contributed by atoms with van der Waals surface area (Å²) in [5, 5.41) is 13.5. The van der Waals surface area contributed by atoms with Gasteiger partial charge in [-0.25, -0.2) is 0 Å². The second-order valence-corrected chi connectivity index (χ2v) is 7.47. The molecule has 0 aliphatic carbocycles. The highest BCUT2D eigenvalue weighted by molar-refractivity contribution is 8.00. The molecule has 2 aromatic heterocycles. The van der Waals surface area contributed by atoms with Crippen molar-refractivity contribution >= 4 is 40.0 Å². The van der Waals surface area contributed by atoms with Crippen LogP contribution in [-0.4, -0.2) is 36.2 Å². The molecule has 1 N–H and O–H groups in total. The van der Waals surface area contributed by atoms with Crippen molar-refractivity contribution in [3.63, 3.8) is 0 Å². The zero-order valence-electron chi connectivity index (χ0n) is 13.8. The molecule has 0 saturated heterocycles. The van der Waals surface area contributed by atoms with Gasteiger partial charge in [0.15, 0.2) is 5.78 Å². The zero-order valence-corrected chi connectivity index (χ0v) is 15.3. The highest BCUT2D eigenvalue weighted by Gasteiger charge is 2.22. The average molecular weight is 384 g/mol. The molecule has 0 saturated carbocycles. The summed E-state index contributed by atoms with van der Waals surface area (Å²) in [4.78, 5) is 16.0. The van der Waals surface area contributed by atoms with Crippen LogP contribution < -0.4 is 0 Å². The number of benzene rings is 2. The molecule has 0 bridgehead atoms. The molecule has 0 spiro atoms. The van der Waals surface area contributed by atoms with Gasteiger partial charge in [0.05, 0.1) is 10.9 Å². The van der Waals surface area contributed by atoms with Crippen molar-refractivity contribution in [2.24, 2.45) is 0 Å². The number of para-hydroxylation sites is 1. The number of carbonyl (C=O) groups is 1. The van der Waals surface area contributed by atoms with Crippen molar-refractivity contribution in [1.82, 2.24) is 25.2 Å². The van der Waals surface area contributed by atoms with Crippen LogP contribution in [0.15, 0.2) is 59.9 Å². The van der Waals surface area contributed by atoms with E-state index >= 15 is 0 Å². The van der Waals surface area contributed by atoms with Gasteiger partial charge in [0.2, 0.25) is 5.16 Å². The number of fused-ring (bicyclic) bond motifs is 1. The number of rotatable bonds is 5. The van der Waals surface area contributed by atoms with Gasteiger partial charge in [0.25, 0.3) is 0 Å². The Kier molecular flexibility index (Phi) is 4.48. The third-order valence-corrected chi connectivity index (χ3v) is 5.27. The molecule has 130 valence electrons. The quantitative estimate of drug-likeness (QED) is 0.413. The first-order valence-electron chi connectivity index (χ1n) is 7.95. The van der Waals surface area contributed by atoms with Crippen molar-refractivity contribution in [2.45, 2.75) is 17.3 Å². The first-order valence-corrected chi connectivity index (χ1v) is 9.20. The smallest absolute Gasteiger partial charge is 0.214 e. The molecule has 0 radical (unpaired) electrons. The minimum Gasteiger partial charge on any atom is -0.360 e. The molecule has 8 heteroatoms. The third-order valence-electron chi connectivity index (χ3n) is 4.00. The van der Waals surface area contributed by atoms with E-state index in [2.05, 4.69) is 20.5 Å². The van der Waals surface area contributed by atoms with Gasteiger partial charge in [-0.15, -0.1) is 5.10 Å². The largest absolute Gasteiger partial charge is 0.360 e. The van der Waals surface area contributed by atoms with Crippen LogP contribution in [0, 0.1) is 0 Å². The topological polar surface area (TPSA) is 76.5 Å². The lowest BCUT2D eigenvalue weighted by Gasteiger charge is -2.10. The van der Waals surface area contributed by atoms with Gasteiger partial charge in [-0.1, -0.05) is 47.6 Å². The Balaban J connectivity index is 1.60. The summed E-state index contributed by atoms with van der Waals surface area (Å²) in [6.07, 6.45) is 1.75. The first-order chi connectivity index (χ1) is 12.6. The fourth-order valence-corrected chi connectivity index (χ4v) is 3.79. The SMILES string of the molecule is C[C@H](Sc1nnnn1-c1cccc(Cl)c1)C(=O)c1c[nH]c2ccccc12. The van der Waals surface area contributed by atoms with Crippen molar-refractivity contribution in [3.05, 3.63) is 65.3 Å². The van der Waals surface area contributed by atoms with E-state index in [-0.39, 0.29) is 11.0 Å². The number of nitrogens with zero attached hydrogens (tertiary/aromatic N) is 4. The molecule has 0 unspecified atom stereocenters. The van der Waals surface area contributed by atoms with Crippen LogP contribution in [-0.2, 0) is 0 Å².